The Kier molecular flexibility index (Phi) is 6.96. The van der Waals surface area contributed by atoms with Crippen LogP contribution in [0, 0.1) is 0 Å². The molecule has 0 fully saturated rings. The van der Waals surface area contributed by atoms with E-state index in [0.717, 1.165) is 51.8 Å². The first-order valence-corrected chi connectivity index (χ1v) is 21.3. The summed E-state index contributed by atoms with van der Waals surface area (Å²) < 4.78 is 7.52. The Morgan fingerprint density at radius 1 is 0.441 bits per heavy atom. The second-order valence-corrected chi connectivity index (χ2v) is 19.2. The summed E-state index contributed by atoms with van der Waals surface area (Å²) in [6.45, 7) is 13.7. The molecule has 0 saturated heterocycles. The normalized spacial score (nSPS) is 14.6. The van der Waals surface area contributed by atoms with Gasteiger partial charge in [0, 0.05) is 27.7 Å². The number of furan rings is 1. The van der Waals surface area contributed by atoms with Crippen molar-refractivity contribution in [2.45, 2.75) is 70.6 Å². The zero-order valence-electron chi connectivity index (χ0n) is 34.7. The van der Waals surface area contributed by atoms with E-state index in [1.54, 1.807) is 0 Å². The number of para-hydroxylation sites is 1. The first-order valence-electron chi connectivity index (χ1n) is 21.3. The molecule has 3 aliphatic carbocycles. The SMILES string of the molecule is CC(C)(C)c1ccc(N(c2ccc(C(C)(C)C)cc2)c2cccc3c2oc2c4c(ccc23)C2(c3ccccc3-c3ccccc32)c2ccc3c5c(ccc-4c25)CC3)cc1. The van der Waals surface area contributed by atoms with Gasteiger partial charge in [0.1, 0.15) is 5.58 Å². The van der Waals surface area contributed by atoms with Crippen LogP contribution in [0.15, 0.2) is 156 Å². The van der Waals surface area contributed by atoms with E-state index in [1.807, 2.05) is 0 Å². The summed E-state index contributed by atoms with van der Waals surface area (Å²) in [5.74, 6) is 0. The average molecular weight is 762 g/mol. The fraction of sp³-hybridized carbons (Fsp3) is 0.193. The third-order valence-corrected chi connectivity index (χ3v) is 13.9. The van der Waals surface area contributed by atoms with Gasteiger partial charge in [-0.1, -0.05) is 163 Å². The highest BCUT2D eigenvalue weighted by molar-refractivity contribution is 6.19. The van der Waals surface area contributed by atoms with Crippen molar-refractivity contribution in [2.24, 2.45) is 0 Å². The Hall–Kier alpha value is -6.38. The number of hydrogen-bond acceptors (Lipinski definition) is 2. The lowest BCUT2D eigenvalue weighted by Gasteiger charge is -2.40. The quantitative estimate of drug-likeness (QED) is 0.178. The van der Waals surface area contributed by atoms with E-state index in [2.05, 4.69) is 198 Å². The van der Waals surface area contributed by atoms with Crippen LogP contribution >= 0.6 is 0 Å². The molecule has 0 aliphatic heterocycles. The molecule has 1 aromatic heterocycles. The molecule has 3 aliphatic rings. The third kappa shape index (κ3) is 4.63. The molecule has 8 aromatic carbocycles. The van der Waals surface area contributed by atoms with Crippen LogP contribution in [0.25, 0.3) is 55.0 Å². The summed E-state index contributed by atoms with van der Waals surface area (Å²) in [7, 11) is 0. The van der Waals surface area contributed by atoms with Gasteiger partial charge < -0.3 is 9.32 Å². The van der Waals surface area contributed by atoms with Crippen molar-refractivity contribution < 1.29 is 4.42 Å². The van der Waals surface area contributed by atoms with Gasteiger partial charge in [0.2, 0.25) is 0 Å². The standard InChI is InChI=1S/C57H47NO/c1-55(2,3)36-22-26-38(27-23-36)58(39-28-24-37(25-29-39)56(4,5)6)49-17-11-14-42-43-31-33-48-52(54(43)59-53(42)49)44-30-20-34-18-19-35-21-32-47(51(44)50(34)35)57(48)45-15-9-7-12-40(45)41-13-8-10-16-46(41)57/h7-17,20-33H,18-19H2,1-6H3. The number of fused-ring (bicyclic) bond motifs is 13. The molecule has 0 unspecified atom stereocenters. The second kappa shape index (κ2) is 11.9. The summed E-state index contributed by atoms with van der Waals surface area (Å²) in [5.41, 5.74) is 20.8. The fourth-order valence-corrected chi connectivity index (χ4v) is 11.1. The maximum Gasteiger partial charge on any atom is 0.159 e. The lowest BCUT2D eigenvalue weighted by atomic mass is 9.61. The van der Waals surface area contributed by atoms with Crippen molar-refractivity contribution in [3.8, 4) is 22.3 Å². The number of nitrogens with zero attached hydrogens (tertiary/aromatic N) is 1. The molecule has 0 radical (unpaired) electrons. The van der Waals surface area contributed by atoms with E-state index < -0.39 is 5.41 Å². The molecule has 0 atom stereocenters. The molecule has 286 valence electrons. The van der Waals surface area contributed by atoms with E-state index in [9.17, 15) is 0 Å². The smallest absolute Gasteiger partial charge is 0.159 e. The zero-order valence-corrected chi connectivity index (χ0v) is 34.7. The van der Waals surface area contributed by atoms with E-state index in [4.69, 9.17) is 4.42 Å². The fourth-order valence-electron chi connectivity index (χ4n) is 11.1. The average Bonchev–Trinajstić information content (AvgIpc) is 3.93. The van der Waals surface area contributed by atoms with Gasteiger partial charge in [-0.15, -0.1) is 0 Å². The van der Waals surface area contributed by atoms with Crippen LogP contribution in [0.2, 0.25) is 0 Å². The van der Waals surface area contributed by atoms with Crippen LogP contribution < -0.4 is 4.90 Å². The van der Waals surface area contributed by atoms with Crippen LogP contribution in [0.3, 0.4) is 0 Å². The molecule has 12 rings (SSSR count). The number of rotatable bonds is 3. The lowest BCUT2D eigenvalue weighted by Crippen LogP contribution is -2.32. The Morgan fingerprint density at radius 3 is 1.58 bits per heavy atom. The lowest BCUT2D eigenvalue weighted by molar-refractivity contribution is 0.590. The van der Waals surface area contributed by atoms with Crippen LogP contribution in [0.4, 0.5) is 17.1 Å². The molecule has 2 heteroatoms. The highest BCUT2D eigenvalue weighted by Gasteiger charge is 2.51. The molecular weight excluding hydrogens is 715 g/mol. The molecule has 1 heterocycles. The van der Waals surface area contributed by atoms with Gasteiger partial charge in [0.05, 0.1) is 11.1 Å². The predicted octanol–water partition coefficient (Wildman–Crippen LogP) is 15.2. The monoisotopic (exact) mass is 761 g/mol. The minimum atomic E-state index is -0.485. The van der Waals surface area contributed by atoms with Crippen molar-refractivity contribution >= 4 is 49.8 Å². The van der Waals surface area contributed by atoms with E-state index in [0.29, 0.717) is 0 Å². The van der Waals surface area contributed by atoms with Crippen molar-refractivity contribution in [3.05, 3.63) is 196 Å². The number of anilines is 3. The van der Waals surface area contributed by atoms with E-state index in [-0.39, 0.29) is 10.8 Å². The Labute approximate surface area is 346 Å². The highest BCUT2D eigenvalue weighted by atomic mass is 16.3. The third-order valence-electron chi connectivity index (χ3n) is 13.9. The Bertz CT molecular complexity index is 3110. The Morgan fingerprint density at radius 2 is 0.983 bits per heavy atom. The molecular formula is C57H47NO. The van der Waals surface area contributed by atoms with Gasteiger partial charge in [0.25, 0.3) is 0 Å². The zero-order chi connectivity index (χ0) is 40.0. The summed E-state index contributed by atoms with van der Waals surface area (Å²) in [4.78, 5) is 2.39. The molecule has 0 saturated carbocycles. The van der Waals surface area contributed by atoms with Crippen molar-refractivity contribution in [1.29, 1.82) is 0 Å². The first kappa shape index (κ1) is 34.6. The van der Waals surface area contributed by atoms with Crippen molar-refractivity contribution in [1.82, 2.24) is 0 Å². The maximum atomic E-state index is 7.52. The van der Waals surface area contributed by atoms with E-state index >= 15 is 0 Å². The van der Waals surface area contributed by atoms with Crippen LogP contribution in [-0.2, 0) is 29.1 Å². The van der Waals surface area contributed by atoms with Crippen molar-refractivity contribution in [3.63, 3.8) is 0 Å². The van der Waals surface area contributed by atoms with E-state index in [1.165, 1.54) is 77.5 Å². The largest absolute Gasteiger partial charge is 0.453 e. The first-order chi connectivity index (χ1) is 28.5. The Balaban J connectivity index is 1.17. The molecule has 2 nitrogen and oxygen atoms in total. The van der Waals surface area contributed by atoms with Gasteiger partial charge in [-0.25, -0.2) is 0 Å². The predicted molar refractivity (Wildman–Crippen MR) is 247 cm³/mol. The second-order valence-electron chi connectivity index (χ2n) is 19.2. The van der Waals surface area contributed by atoms with Crippen LogP contribution in [-0.4, -0.2) is 0 Å². The molecule has 9 aromatic rings. The van der Waals surface area contributed by atoms with Crippen LogP contribution in [0.5, 0.6) is 0 Å². The summed E-state index contributed by atoms with van der Waals surface area (Å²) in [5, 5.41) is 5.11. The molecule has 59 heavy (non-hydrogen) atoms. The summed E-state index contributed by atoms with van der Waals surface area (Å²) >= 11 is 0. The molecule has 1 spiro atoms. The highest BCUT2D eigenvalue weighted by Crippen LogP contribution is 2.64. The minimum absolute atomic E-state index is 0.0513. The molecule has 0 N–H and O–H groups in total. The number of benzene rings is 8. The summed E-state index contributed by atoms with van der Waals surface area (Å²) in [6.07, 6.45) is 2.17. The minimum Gasteiger partial charge on any atom is -0.453 e. The maximum absolute atomic E-state index is 7.52. The van der Waals surface area contributed by atoms with Gasteiger partial charge in [0.15, 0.2) is 5.58 Å². The number of aryl methyl sites for hydroxylation is 2. The van der Waals surface area contributed by atoms with Gasteiger partial charge in [-0.2, -0.15) is 0 Å². The molecule has 0 bridgehead atoms. The number of hydrogen-bond donors (Lipinski definition) is 0. The topological polar surface area (TPSA) is 16.4 Å². The van der Waals surface area contributed by atoms with Gasteiger partial charge in [-0.05, 0) is 126 Å². The van der Waals surface area contributed by atoms with Crippen molar-refractivity contribution in [2.75, 3.05) is 4.90 Å². The van der Waals surface area contributed by atoms with Gasteiger partial charge >= 0.3 is 0 Å². The van der Waals surface area contributed by atoms with Gasteiger partial charge in [-0.3, -0.25) is 0 Å². The molecule has 0 amide bonds. The van der Waals surface area contributed by atoms with Crippen LogP contribution in [0.1, 0.15) is 86.1 Å². The summed E-state index contributed by atoms with van der Waals surface area (Å²) in [6, 6.07) is 57.6.